The molecule has 1 aromatic heterocycles. The van der Waals surface area contributed by atoms with Gasteiger partial charge in [-0.2, -0.15) is 4.98 Å². The van der Waals surface area contributed by atoms with Crippen LogP contribution >= 0.6 is 0 Å². The lowest BCUT2D eigenvalue weighted by Crippen LogP contribution is -2.26. The van der Waals surface area contributed by atoms with E-state index in [0.717, 1.165) is 37.1 Å². The molecule has 0 aliphatic heterocycles. The van der Waals surface area contributed by atoms with Gasteiger partial charge in [-0.1, -0.05) is 43.7 Å². The Kier molecular flexibility index (Phi) is 6.39. The number of nitrogens with zero attached hydrogens (tertiary/aromatic N) is 4. The first kappa shape index (κ1) is 17.3. The van der Waals surface area contributed by atoms with E-state index in [-0.39, 0.29) is 0 Å². The largest absolute Gasteiger partial charge is 0.360 e. The fourth-order valence-corrected chi connectivity index (χ4v) is 2.51. The van der Waals surface area contributed by atoms with Crippen molar-refractivity contribution >= 4 is 11.8 Å². The number of anilines is 2. The van der Waals surface area contributed by atoms with Crippen LogP contribution in [-0.2, 0) is 6.54 Å². The quantitative estimate of drug-likeness (QED) is 0.736. The minimum Gasteiger partial charge on any atom is -0.360 e. The summed E-state index contributed by atoms with van der Waals surface area (Å²) >= 11 is 0. The summed E-state index contributed by atoms with van der Waals surface area (Å²) in [6.07, 6.45) is 2.37. The SMILES string of the molecule is CCCCN(C)c1cc(C)nc(N(CC)Cc2ccccc2)n1. The van der Waals surface area contributed by atoms with Gasteiger partial charge in [-0.15, -0.1) is 0 Å². The molecular weight excluding hydrogens is 284 g/mol. The molecule has 23 heavy (non-hydrogen) atoms. The van der Waals surface area contributed by atoms with Crippen LogP contribution in [0.2, 0.25) is 0 Å². The first-order chi connectivity index (χ1) is 11.1. The molecule has 1 aromatic carbocycles. The van der Waals surface area contributed by atoms with Crippen molar-refractivity contribution < 1.29 is 0 Å². The molecule has 0 unspecified atom stereocenters. The molecule has 0 spiro atoms. The zero-order chi connectivity index (χ0) is 16.7. The standard InChI is InChI=1S/C19H28N4/c1-5-7-13-22(4)18-14-16(3)20-19(21-18)23(6-2)15-17-11-9-8-10-12-17/h8-12,14H,5-7,13,15H2,1-4H3. The van der Waals surface area contributed by atoms with Crippen LogP contribution in [0.3, 0.4) is 0 Å². The Bertz CT molecular complexity index is 598. The molecule has 0 N–H and O–H groups in total. The van der Waals surface area contributed by atoms with Crippen LogP contribution in [0, 0.1) is 6.92 Å². The van der Waals surface area contributed by atoms with E-state index in [1.165, 1.54) is 18.4 Å². The van der Waals surface area contributed by atoms with Crippen LogP contribution in [-0.4, -0.2) is 30.1 Å². The average Bonchev–Trinajstić information content (AvgIpc) is 2.57. The number of hydrogen-bond donors (Lipinski definition) is 0. The minimum absolute atomic E-state index is 0.815. The van der Waals surface area contributed by atoms with Gasteiger partial charge < -0.3 is 9.80 Å². The minimum atomic E-state index is 0.815. The summed E-state index contributed by atoms with van der Waals surface area (Å²) in [7, 11) is 2.11. The number of benzene rings is 1. The molecule has 1 heterocycles. The van der Waals surface area contributed by atoms with Gasteiger partial charge in [0.05, 0.1) is 0 Å². The summed E-state index contributed by atoms with van der Waals surface area (Å²) in [5, 5.41) is 0. The van der Waals surface area contributed by atoms with E-state index < -0.39 is 0 Å². The van der Waals surface area contributed by atoms with E-state index in [1.807, 2.05) is 13.0 Å². The first-order valence-electron chi connectivity index (χ1n) is 8.49. The van der Waals surface area contributed by atoms with Crippen LogP contribution in [0.15, 0.2) is 36.4 Å². The molecule has 4 heteroatoms. The molecule has 4 nitrogen and oxygen atoms in total. The highest BCUT2D eigenvalue weighted by Crippen LogP contribution is 2.18. The molecule has 0 aliphatic carbocycles. The van der Waals surface area contributed by atoms with E-state index in [0.29, 0.717) is 0 Å². The molecular formula is C19H28N4. The van der Waals surface area contributed by atoms with Crippen molar-refractivity contribution in [2.24, 2.45) is 0 Å². The number of unbranched alkanes of at least 4 members (excludes halogenated alkanes) is 1. The Morgan fingerprint density at radius 3 is 2.43 bits per heavy atom. The van der Waals surface area contributed by atoms with Gasteiger partial charge in [0, 0.05) is 38.4 Å². The van der Waals surface area contributed by atoms with Crippen molar-refractivity contribution in [3.05, 3.63) is 47.7 Å². The van der Waals surface area contributed by atoms with Crippen molar-refractivity contribution in [3.63, 3.8) is 0 Å². The molecule has 0 aliphatic rings. The third-order valence-corrected chi connectivity index (χ3v) is 3.95. The highest BCUT2D eigenvalue weighted by Gasteiger charge is 2.12. The maximum absolute atomic E-state index is 4.79. The Balaban J connectivity index is 2.20. The van der Waals surface area contributed by atoms with Gasteiger partial charge in [-0.05, 0) is 25.8 Å². The van der Waals surface area contributed by atoms with E-state index in [4.69, 9.17) is 4.98 Å². The zero-order valence-electron chi connectivity index (χ0n) is 14.8. The topological polar surface area (TPSA) is 32.3 Å². The van der Waals surface area contributed by atoms with Crippen LogP contribution in [0.5, 0.6) is 0 Å². The summed E-state index contributed by atoms with van der Waals surface area (Å²) < 4.78 is 0. The van der Waals surface area contributed by atoms with E-state index in [1.54, 1.807) is 0 Å². The number of aromatic nitrogens is 2. The number of aryl methyl sites for hydroxylation is 1. The van der Waals surface area contributed by atoms with E-state index in [2.05, 4.69) is 66.0 Å². The Morgan fingerprint density at radius 2 is 1.78 bits per heavy atom. The van der Waals surface area contributed by atoms with Gasteiger partial charge in [0.15, 0.2) is 0 Å². The van der Waals surface area contributed by atoms with Gasteiger partial charge in [0.2, 0.25) is 5.95 Å². The van der Waals surface area contributed by atoms with Gasteiger partial charge in [0.1, 0.15) is 5.82 Å². The molecule has 0 bridgehead atoms. The van der Waals surface area contributed by atoms with Crippen molar-refractivity contribution in [2.45, 2.75) is 40.2 Å². The number of rotatable bonds is 8. The summed E-state index contributed by atoms with van der Waals surface area (Å²) in [5.41, 5.74) is 2.29. The van der Waals surface area contributed by atoms with Crippen molar-refractivity contribution in [1.29, 1.82) is 0 Å². The first-order valence-corrected chi connectivity index (χ1v) is 8.49. The monoisotopic (exact) mass is 312 g/mol. The Morgan fingerprint density at radius 1 is 1.04 bits per heavy atom. The fourth-order valence-electron chi connectivity index (χ4n) is 2.51. The highest BCUT2D eigenvalue weighted by atomic mass is 15.3. The normalized spacial score (nSPS) is 10.6. The Hall–Kier alpha value is -2.10. The van der Waals surface area contributed by atoms with Crippen LogP contribution in [0.1, 0.15) is 37.9 Å². The summed E-state index contributed by atoms with van der Waals surface area (Å²) in [6, 6.07) is 12.5. The molecule has 0 amide bonds. The smallest absolute Gasteiger partial charge is 0.227 e. The third kappa shape index (κ3) is 4.95. The molecule has 2 rings (SSSR count). The predicted octanol–water partition coefficient (Wildman–Crippen LogP) is 4.05. The lowest BCUT2D eigenvalue weighted by Gasteiger charge is -2.24. The molecule has 0 radical (unpaired) electrons. The molecule has 0 atom stereocenters. The zero-order valence-corrected chi connectivity index (χ0v) is 14.8. The highest BCUT2D eigenvalue weighted by molar-refractivity contribution is 5.45. The van der Waals surface area contributed by atoms with E-state index in [9.17, 15) is 0 Å². The maximum atomic E-state index is 4.79. The number of hydrogen-bond acceptors (Lipinski definition) is 4. The van der Waals surface area contributed by atoms with Crippen LogP contribution in [0.4, 0.5) is 11.8 Å². The molecule has 0 saturated carbocycles. The second-order valence-electron chi connectivity index (χ2n) is 5.94. The molecule has 124 valence electrons. The molecule has 0 saturated heterocycles. The van der Waals surface area contributed by atoms with Gasteiger partial charge in [0.25, 0.3) is 0 Å². The van der Waals surface area contributed by atoms with Crippen LogP contribution < -0.4 is 9.80 Å². The second kappa shape index (κ2) is 8.51. The lowest BCUT2D eigenvalue weighted by atomic mass is 10.2. The second-order valence-corrected chi connectivity index (χ2v) is 5.94. The lowest BCUT2D eigenvalue weighted by molar-refractivity contribution is 0.747. The molecule has 2 aromatic rings. The van der Waals surface area contributed by atoms with Gasteiger partial charge in [-0.25, -0.2) is 4.98 Å². The summed E-state index contributed by atoms with van der Waals surface area (Å²) in [6.45, 7) is 9.14. The van der Waals surface area contributed by atoms with Crippen molar-refractivity contribution in [3.8, 4) is 0 Å². The van der Waals surface area contributed by atoms with Crippen LogP contribution in [0.25, 0.3) is 0 Å². The average molecular weight is 312 g/mol. The fraction of sp³-hybridized carbons (Fsp3) is 0.474. The Labute approximate surface area is 140 Å². The maximum Gasteiger partial charge on any atom is 0.227 e. The third-order valence-electron chi connectivity index (χ3n) is 3.95. The predicted molar refractivity (Wildman–Crippen MR) is 98.1 cm³/mol. The van der Waals surface area contributed by atoms with E-state index >= 15 is 0 Å². The summed E-state index contributed by atoms with van der Waals surface area (Å²) in [5.74, 6) is 1.82. The van der Waals surface area contributed by atoms with Crippen molar-refractivity contribution in [1.82, 2.24) is 9.97 Å². The molecule has 0 fully saturated rings. The van der Waals surface area contributed by atoms with Gasteiger partial charge in [-0.3, -0.25) is 0 Å². The summed E-state index contributed by atoms with van der Waals surface area (Å²) in [4.78, 5) is 13.9. The van der Waals surface area contributed by atoms with Crippen molar-refractivity contribution in [2.75, 3.05) is 29.9 Å². The van der Waals surface area contributed by atoms with Gasteiger partial charge >= 0.3 is 0 Å².